The van der Waals surface area contributed by atoms with E-state index in [1.54, 1.807) is 0 Å². The van der Waals surface area contributed by atoms with Crippen molar-refractivity contribution in [2.45, 2.75) is 13.8 Å². The quantitative estimate of drug-likeness (QED) is 0.133. The van der Waals surface area contributed by atoms with Gasteiger partial charge in [-0.2, -0.15) is 0 Å². The maximum Gasteiger partial charge on any atom is 0.174 e. The minimum absolute atomic E-state index is 0. The molecule has 0 atom stereocenters. The number of rotatable bonds is 4. The van der Waals surface area contributed by atoms with Crippen LogP contribution in [0.15, 0.2) is 70.9 Å². The molecule has 0 saturated carbocycles. The van der Waals surface area contributed by atoms with Crippen molar-refractivity contribution < 1.29 is 20.4 Å². The molecule has 0 aliphatic carbocycles. The summed E-state index contributed by atoms with van der Waals surface area (Å²) in [5, 5.41) is 8.15. The number of thiol groups is 2. The third kappa shape index (κ3) is 12.3. The largest absolute Gasteiger partial charge is 0.519 e. The normalized spacial score (nSPS) is 10.8. The Hall–Kier alpha value is -1.08. The number of hydrogen-bond acceptors (Lipinski definition) is 4. The van der Waals surface area contributed by atoms with Gasteiger partial charge in [0.25, 0.3) is 0 Å². The molecule has 0 radical (unpaired) electrons. The van der Waals surface area contributed by atoms with E-state index in [1.807, 2.05) is 87.0 Å². The van der Waals surface area contributed by atoms with Crippen LogP contribution in [0.3, 0.4) is 0 Å². The van der Waals surface area contributed by atoms with Crippen LogP contribution in [0.5, 0.6) is 0 Å². The molecule has 0 unspecified atom stereocenters. The van der Waals surface area contributed by atoms with Gasteiger partial charge in [0.15, 0.2) is 33.1 Å². The molecule has 2 aromatic rings. The Morgan fingerprint density at radius 3 is 1.28 bits per heavy atom. The van der Waals surface area contributed by atoms with E-state index >= 15 is 0 Å². The maximum atomic E-state index is 4.12. The van der Waals surface area contributed by atoms with Gasteiger partial charge in [-0.1, -0.05) is 84.2 Å². The molecule has 0 heterocycles. The molecule has 0 bridgehead atoms. The predicted octanol–water partition coefficient (Wildman–Crippen LogP) is 5.03. The van der Waals surface area contributed by atoms with Crippen molar-refractivity contribution in [1.29, 1.82) is 0 Å². The van der Waals surface area contributed by atoms with Crippen LogP contribution in [0.4, 0.5) is 0 Å². The van der Waals surface area contributed by atoms with Gasteiger partial charge in [-0.3, -0.25) is 0 Å². The van der Waals surface area contributed by atoms with E-state index in [0.717, 1.165) is 22.6 Å². The zero-order valence-electron chi connectivity index (χ0n) is 16.6. The molecule has 4 nitrogen and oxygen atoms in total. The van der Waals surface area contributed by atoms with Crippen molar-refractivity contribution >= 4 is 68.0 Å². The van der Waals surface area contributed by atoms with Crippen molar-refractivity contribution in [2.75, 3.05) is 12.5 Å². The van der Waals surface area contributed by atoms with E-state index in [2.05, 4.69) is 45.5 Å². The standard InChI is InChI=1S/2C10H12N2S2.Pd/c2*1-8(11-12-10(13)14-2)9-6-4-3-5-7-9;/h2*3-7H,1-2H3,(H,12,13);. The van der Waals surface area contributed by atoms with Gasteiger partial charge >= 0.3 is 0 Å². The van der Waals surface area contributed by atoms with Gasteiger partial charge in [0.1, 0.15) is 0 Å². The Morgan fingerprint density at radius 1 is 0.690 bits per heavy atom. The summed E-state index contributed by atoms with van der Waals surface area (Å²) in [5.41, 5.74) is 11.9. The minimum Gasteiger partial charge on any atom is -0.519 e. The first-order valence-corrected chi connectivity index (χ1v) is 11.6. The van der Waals surface area contributed by atoms with Crippen LogP contribution in [0.25, 0.3) is 10.9 Å². The van der Waals surface area contributed by atoms with Gasteiger partial charge in [-0.05, 0) is 37.5 Å². The van der Waals surface area contributed by atoms with Crippen LogP contribution in [0, 0.1) is 0 Å². The number of nitrogens with zero attached hydrogens (tertiary/aromatic N) is 4. The van der Waals surface area contributed by atoms with Crippen LogP contribution in [-0.2, 0) is 44.9 Å². The molecule has 158 valence electrons. The van der Waals surface area contributed by atoms with E-state index in [1.165, 1.54) is 23.5 Å². The second-order valence-corrected chi connectivity index (χ2v) is 8.32. The van der Waals surface area contributed by atoms with Crippen molar-refractivity contribution in [3.05, 3.63) is 82.6 Å². The molecule has 0 saturated heterocycles. The predicted molar refractivity (Wildman–Crippen MR) is 139 cm³/mol. The Balaban J connectivity index is 0.000000523. The molecule has 0 fully saturated rings. The number of hydrogen-bond donors (Lipinski definition) is 0. The molecule has 0 aromatic heterocycles. The molecule has 29 heavy (non-hydrogen) atoms. The minimum atomic E-state index is 0. The Bertz CT molecular complexity index is 742. The third-order valence-electron chi connectivity index (χ3n) is 3.32. The second kappa shape index (κ2) is 16.7. The summed E-state index contributed by atoms with van der Waals surface area (Å²) in [6, 6.07) is 19.9. The molecule has 0 N–H and O–H groups in total. The van der Waals surface area contributed by atoms with Crippen LogP contribution >= 0.6 is 23.5 Å². The van der Waals surface area contributed by atoms with Gasteiger partial charge in [0.05, 0.1) is 0 Å². The number of thioether (sulfide) groups is 2. The fourth-order valence-electron chi connectivity index (χ4n) is 1.79. The summed E-state index contributed by atoms with van der Waals surface area (Å²) in [6.45, 7) is 3.86. The monoisotopic (exact) mass is 554 g/mol. The van der Waals surface area contributed by atoms with E-state index in [-0.39, 0.29) is 20.4 Å². The van der Waals surface area contributed by atoms with Gasteiger partial charge < -0.3 is 21.1 Å². The molecule has 9 heteroatoms. The molecule has 0 aliphatic rings. The maximum absolute atomic E-state index is 4.12. The van der Waals surface area contributed by atoms with E-state index in [0.29, 0.717) is 8.64 Å². The van der Waals surface area contributed by atoms with Gasteiger partial charge in [-0.25, -0.2) is 0 Å². The van der Waals surface area contributed by atoms with E-state index in [9.17, 15) is 0 Å². The molecule has 0 amide bonds. The summed E-state index contributed by atoms with van der Waals surface area (Å²) in [7, 11) is 0. The summed E-state index contributed by atoms with van der Waals surface area (Å²) >= 11 is 11.2. The van der Waals surface area contributed by atoms with Crippen LogP contribution in [0.1, 0.15) is 25.0 Å². The Labute approximate surface area is 206 Å². The van der Waals surface area contributed by atoms with Crippen LogP contribution < -0.4 is 0 Å². The molecule has 0 spiro atoms. The fourth-order valence-corrected chi connectivity index (χ4v) is 2.13. The molecule has 2 aromatic carbocycles. The topological polar surface area (TPSA) is 52.9 Å². The number of benzene rings is 2. The SMILES string of the molecule is CSC(=[SH+])[N-]N=C(C)c1ccccc1.CSC(=[SH+])[N-]N=C(C)c1ccccc1.[Pd]. The zero-order chi connectivity index (χ0) is 20.8. The average Bonchev–Trinajstić information content (AvgIpc) is 2.76. The average molecular weight is 555 g/mol. The van der Waals surface area contributed by atoms with Crippen molar-refractivity contribution in [2.24, 2.45) is 10.2 Å². The summed E-state index contributed by atoms with van der Waals surface area (Å²) in [5.74, 6) is 0. The van der Waals surface area contributed by atoms with E-state index in [4.69, 9.17) is 0 Å². The van der Waals surface area contributed by atoms with Gasteiger partial charge in [-0.15, -0.1) is 0 Å². The molecular weight excluding hydrogens is 531 g/mol. The third-order valence-corrected chi connectivity index (χ3v) is 5.49. The van der Waals surface area contributed by atoms with Crippen LogP contribution in [0.2, 0.25) is 0 Å². The second-order valence-electron chi connectivity index (χ2n) is 5.28. The van der Waals surface area contributed by atoms with Gasteiger partial charge in [0, 0.05) is 31.8 Å². The Kier molecular flexibility index (Phi) is 16.1. The molecule has 2 rings (SSSR count). The Morgan fingerprint density at radius 2 is 1.00 bits per heavy atom. The molecule has 0 aliphatic heterocycles. The first-order chi connectivity index (χ1) is 13.5. The van der Waals surface area contributed by atoms with Crippen molar-refractivity contribution in [1.82, 2.24) is 0 Å². The van der Waals surface area contributed by atoms with Gasteiger partial charge in [0.2, 0.25) is 0 Å². The first-order valence-electron chi connectivity index (χ1n) is 8.29. The summed E-state index contributed by atoms with van der Waals surface area (Å²) in [4.78, 5) is 0. The fraction of sp³-hybridized carbons (Fsp3) is 0.200. The van der Waals surface area contributed by atoms with Crippen molar-refractivity contribution in [3.63, 3.8) is 0 Å². The first kappa shape index (κ1) is 27.9. The van der Waals surface area contributed by atoms with E-state index < -0.39 is 0 Å². The zero-order valence-corrected chi connectivity index (χ0v) is 21.6. The summed E-state index contributed by atoms with van der Waals surface area (Å²) < 4.78 is 1.33. The van der Waals surface area contributed by atoms with Crippen LogP contribution in [-0.4, -0.2) is 32.6 Å². The van der Waals surface area contributed by atoms with Crippen molar-refractivity contribution in [3.8, 4) is 0 Å². The summed E-state index contributed by atoms with van der Waals surface area (Å²) in [6.07, 6.45) is 3.83. The molecular formula is C20H24N4PdS4. The smallest absolute Gasteiger partial charge is 0.174 e.